The zero-order chi connectivity index (χ0) is 94.5. The third kappa shape index (κ3) is 45.1. The van der Waals surface area contributed by atoms with Crippen molar-refractivity contribution < 1.29 is 67.1 Å². The molecule has 0 bridgehead atoms. The molecular weight excluding hydrogens is 1620 g/mol. The number of H-pyrrole nitrogens is 1. The van der Waals surface area contributed by atoms with E-state index in [1.807, 2.05) is 101 Å². The molecule has 2 aromatic rings. The van der Waals surface area contributed by atoms with E-state index in [-0.39, 0.29) is 145 Å². The van der Waals surface area contributed by atoms with Crippen LogP contribution in [0.15, 0.2) is 30.5 Å². The number of carbonyl (C=O) groups excluding carboxylic acids is 14. The Morgan fingerprint density at radius 2 is 0.460 bits per heavy atom. The number of unbranched alkanes of at least 4 members (excludes halogenated alkanes) is 7. The molecule has 0 aliphatic rings. The van der Waals surface area contributed by atoms with E-state index >= 15 is 19.2 Å². The molecule has 1 aromatic carbocycles. The van der Waals surface area contributed by atoms with Gasteiger partial charge in [0, 0.05) is 23.5 Å². The Labute approximate surface area is 747 Å². The van der Waals surface area contributed by atoms with E-state index in [0.29, 0.717) is 132 Å². The normalized spacial score (nSPS) is 15.0. The molecule has 14 atom stereocenters. The highest BCUT2D eigenvalue weighted by molar-refractivity contribution is 6.00. The SMILES string of the molecule is CC(C)C[C@H](NC(=O)[C@H](CCCCN)NC(=O)[C@H](CC(C)C)NC(=O)[C@H](CCCCN)NC(=O)[C@H](CC(C)C)NC(=O)[C@H](CCCCN)NC(=O)[C@H](Cc1c[nH]c2ccccc12)NC(=O)[C@H](CCCCN)NC(=O)[C@H](CC(C)C)NC(=O)[C@H](CCCCN)NC(=O)[C@H](CC(C)C)NC(=O)[C@H](CCCCN)NC(=O)[C@H](CC(C)C)NC(=O)[C@@H](N)CCCCN)C(N)=O. The van der Waals surface area contributed by atoms with Crippen LogP contribution in [0.25, 0.3) is 10.9 Å². The average Bonchev–Trinajstić information content (AvgIpc) is 1.51. The Kier molecular flexibility index (Phi) is 56.6. The first kappa shape index (κ1) is 113. The van der Waals surface area contributed by atoms with E-state index < -0.39 is 167 Å². The van der Waals surface area contributed by atoms with Gasteiger partial charge in [-0.15, -0.1) is 0 Å². The molecule has 14 amide bonds. The molecule has 0 unspecified atom stereocenters. The number of amides is 14. The maximum Gasteiger partial charge on any atom is 0.243 e. The number of fused-ring (bicyclic) bond motifs is 1. The van der Waals surface area contributed by atoms with Crippen LogP contribution in [-0.4, -0.2) is 218 Å². The van der Waals surface area contributed by atoms with E-state index in [9.17, 15) is 47.9 Å². The summed E-state index contributed by atoms with van der Waals surface area (Å²) in [6, 6.07) is -9.89. The van der Waals surface area contributed by atoms with Crippen molar-refractivity contribution >= 4 is 93.6 Å². The zero-order valence-corrected chi connectivity index (χ0v) is 77.6. The molecule has 0 radical (unpaired) electrons. The highest BCUT2D eigenvalue weighted by atomic mass is 16.2. The first-order valence-corrected chi connectivity index (χ1v) is 46.2. The summed E-state index contributed by atoms with van der Waals surface area (Å²) in [7, 11) is 0. The number of primary amides is 1. The van der Waals surface area contributed by atoms with Crippen LogP contribution in [-0.2, 0) is 73.5 Å². The summed E-state index contributed by atoms with van der Waals surface area (Å²) in [4.78, 5) is 206. The number of aromatic amines is 1. The highest BCUT2D eigenvalue weighted by Gasteiger charge is 2.39. The fourth-order valence-corrected chi connectivity index (χ4v) is 14.7. The number of aromatic nitrogens is 1. The van der Waals surface area contributed by atoms with Crippen molar-refractivity contribution in [2.75, 3.05) is 45.8 Å². The molecule has 0 saturated heterocycles. The summed E-state index contributed by atoms with van der Waals surface area (Å²) in [5, 5.41) is 37.5. The summed E-state index contributed by atoms with van der Waals surface area (Å²) >= 11 is 0. The van der Waals surface area contributed by atoms with Crippen LogP contribution in [0.1, 0.15) is 262 Å². The maximum atomic E-state index is 15.4. The third-order valence-electron chi connectivity index (χ3n) is 21.6. The molecule has 1 heterocycles. The van der Waals surface area contributed by atoms with Crippen LogP contribution in [0.2, 0.25) is 0 Å². The first-order valence-electron chi connectivity index (χ1n) is 46.2. The lowest BCUT2D eigenvalue weighted by Gasteiger charge is -2.29. The minimum atomic E-state index is -1.46. The van der Waals surface area contributed by atoms with Crippen LogP contribution in [0.5, 0.6) is 0 Å². The molecule has 0 aliphatic heterocycles. The van der Waals surface area contributed by atoms with E-state index in [1.54, 1.807) is 12.3 Å². The number of nitrogens with two attached hydrogens (primary N) is 9. The number of hydrogen-bond donors (Lipinski definition) is 23. The average molecular weight is 1780 g/mol. The van der Waals surface area contributed by atoms with E-state index in [2.05, 4.69) is 74.1 Å². The van der Waals surface area contributed by atoms with Gasteiger partial charge in [0.05, 0.1) is 6.04 Å². The van der Waals surface area contributed by atoms with Crippen LogP contribution >= 0.6 is 0 Å². The predicted octanol–water partition coefficient (Wildman–Crippen LogP) is 1.01. The van der Waals surface area contributed by atoms with Gasteiger partial charge in [-0.3, -0.25) is 67.1 Å². The fourth-order valence-electron chi connectivity index (χ4n) is 14.7. The van der Waals surface area contributed by atoms with E-state index in [4.69, 9.17) is 51.6 Å². The van der Waals surface area contributed by atoms with Gasteiger partial charge < -0.3 is 126 Å². The molecule has 0 spiro atoms. The number of rotatable bonds is 69. The number of nitrogens with one attached hydrogen (secondary N) is 14. The minimum Gasteiger partial charge on any atom is -0.368 e. The predicted molar refractivity (Wildman–Crippen MR) is 491 cm³/mol. The van der Waals surface area contributed by atoms with Gasteiger partial charge in [-0.25, -0.2) is 0 Å². The van der Waals surface area contributed by atoms with Gasteiger partial charge in [0.25, 0.3) is 0 Å². The Bertz CT molecular complexity index is 3610. The Balaban J connectivity index is 2.71. The lowest BCUT2D eigenvalue weighted by Crippen LogP contribution is -2.61. The Hall–Kier alpha value is -8.98. The topological polar surface area (TPSA) is 645 Å². The summed E-state index contributed by atoms with van der Waals surface area (Å²) in [6.45, 7) is 24.2. The van der Waals surface area contributed by atoms with Gasteiger partial charge in [-0.2, -0.15) is 0 Å². The van der Waals surface area contributed by atoms with Crippen LogP contribution in [0, 0.1) is 35.5 Å². The summed E-state index contributed by atoms with van der Waals surface area (Å²) < 4.78 is 0. The second-order valence-corrected chi connectivity index (χ2v) is 36.1. The van der Waals surface area contributed by atoms with Crippen molar-refractivity contribution in [2.45, 2.75) is 347 Å². The van der Waals surface area contributed by atoms with E-state index in [1.165, 1.54) is 0 Å². The number of benzene rings is 1. The monoisotopic (exact) mass is 1780 g/mol. The van der Waals surface area contributed by atoms with Crippen LogP contribution in [0.4, 0.5) is 0 Å². The Morgan fingerprint density at radius 3 is 0.706 bits per heavy atom. The smallest absolute Gasteiger partial charge is 0.243 e. The molecule has 0 fully saturated rings. The lowest BCUT2D eigenvalue weighted by molar-refractivity contribution is -0.136. The highest BCUT2D eigenvalue weighted by Crippen LogP contribution is 2.22. The first-order chi connectivity index (χ1) is 59.8. The molecule has 2 rings (SSSR count). The molecule has 37 heteroatoms. The van der Waals surface area contributed by atoms with Crippen molar-refractivity contribution in [2.24, 2.45) is 87.1 Å². The van der Waals surface area contributed by atoms with Crippen LogP contribution in [0.3, 0.4) is 0 Å². The van der Waals surface area contributed by atoms with Gasteiger partial charge in [0.1, 0.15) is 78.5 Å². The van der Waals surface area contributed by atoms with Gasteiger partial charge >= 0.3 is 0 Å². The summed E-state index contributed by atoms with van der Waals surface area (Å²) in [5.74, 6) is -11.0. The molecule has 37 nitrogen and oxygen atoms in total. The Morgan fingerprint density at radius 1 is 0.262 bits per heavy atom. The van der Waals surface area contributed by atoms with Crippen molar-refractivity contribution in [1.82, 2.24) is 74.1 Å². The van der Waals surface area contributed by atoms with Crippen LogP contribution < -0.4 is 121 Å². The van der Waals surface area contributed by atoms with Gasteiger partial charge in [-0.1, -0.05) is 108 Å². The lowest BCUT2D eigenvalue weighted by atomic mass is 9.99. The molecule has 0 aliphatic carbocycles. The quantitative estimate of drug-likeness (QED) is 0.0411. The molecule has 126 heavy (non-hydrogen) atoms. The molecular formula is C89H163N23O14. The fraction of sp³-hybridized carbons (Fsp3) is 0.753. The second kappa shape index (κ2) is 63.1. The number of para-hydroxylation sites is 1. The van der Waals surface area contributed by atoms with E-state index in [0.717, 1.165) is 0 Å². The summed E-state index contributed by atoms with van der Waals surface area (Å²) in [5.41, 5.74) is 54.4. The van der Waals surface area contributed by atoms with Crippen molar-refractivity contribution in [3.05, 3.63) is 36.0 Å². The zero-order valence-electron chi connectivity index (χ0n) is 77.6. The second-order valence-electron chi connectivity index (χ2n) is 36.1. The van der Waals surface area contributed by atoms with Crippen molar-refractivity contribution in [3.63, 3.8) is 0 Å². The maximum absolute atomic E-state index is 15.4. The molecule has 718 valence electrons. The number of carbonyl (C=O) groups is 14. The summed E-state index contributed by atoms with van der Waals surface area (Å²) in [6.07, 6.45) is 9.24. The standard InChI is InChI=1S/C89H163N23O14/c1-53(2)45-69(76(98)113)106-78(115)63(32-16-23-39-91)100-85(122)71(47-55(5)6)108-80(117)65(34-18-25-41-93)103-87(124)73(49-57(9)10)111-82(119)67(36-20-27-43-95)105-89(126)75(51-59-52-99-62-31-14-13-29-60(59)62)112-83(120)68(37-21-28-44-96)104-88(125)74(50-58(11)12)110-81(118)66(35-19-26-42-94)102-86(123)72(48-56(7)8)109-79(116)64(33-17-24-40-92)101-84(121)70(46-54(3)4)107-77(114)61(97)30-15-22-38-90/h13-14,29,31,52-58,61,63-75,99H,15-28,30,32-51,90-97H2,1-12H3,(H2,98,113)(H,100,122)(H,101,121)(H,102,123)(H,103,124)(H,104,125)(H,105,126)(H,106,115)(H,107,114)(H,108,117)(H,109,116)(H,110,118)(H,111,119)(H,112,120)/t61-,63-,64-,65-,66-,67-,68-,69-,70-,71-,72-,73-,74-,75-/m0/s1. The molecule has 0 saturated carbocycles. The van der Waals surface area contributed by atoms with Gasteiger partial charge in [-0.05, 0) is 260 Å². The van der Waals surface area contributed by atoms with Crippen molar-refractivity contribution in [3.8, 4) is 0 Å². The van der Waals surface area contributed by atoms with Gasteiger partial charge in [0.15, 0.2) is 0 Å². The minimum absolute atomic E-state index is 0.000215. The number of hydrogen-bond acceptors (Lipinski definition) is 22. The largest absolute Gasteiger partial charge is 0.368 e. The van der Waals surface area contributed by atoms with Crippen molar-refractivity contribution in [1.29, 1.82) is 0 Å². The molecule has 1 aromatic heterocycles. The molecule has 32 N–H and O–H groups in total. The van der Waals surface area contributed by atoms with Gasteiger partial charge in [0.2, 0.25) is 82.7 Å². The third-order valence-corrected chi connectivity index (χ3v) is 21.6.